The summed E-state index contributed by atoms with van der Waals surface area (Å²) in [5.74, 6) is 0.482. The molecule has 2 nitrogen and oxygen atoms in total. The molecule has 0 saturated carbocycles. The van der Waals surface area contributed by atoms with Crippen molar-refractivity contribution in [1.29, 1.82) is 0 Å². The molecular formula is C16H14BrClO2. The second kappa shape index (κ2) is 6.42. The van der Waals surface area contributed by atoms with Crippen molar-refractivity contribution in [2.24, 2.45) is 0 Å². The Morgan fingerprint density at radius 2 is 1.90 bits per heavy atom. The van der Waals surface area contributed by atoms with Crippen molar-refractivity contribution in [3.8, 4) is 5.75 Å². The molecule has 0 aliphatic carbocycles. The maximum absolute atomic E-state index is 12.3. The Kier molecular flexibility index (Phi) is 4.84. The number of carbonyl (C=O) groups is 1. The maximum Gasteiger partial charge on any atom is 0.202 e. The lowest BCUT2D eigenvalue weighted by atomic mass is 10.1. The largest absolute Gasteiger partial charge is 0.481 e. The van der Waals surface area contributed by atoms with E-state index in [2.05, 4.69) is 15.9 Å². The van der Waals surface area contributed by atoms with Gasteiger partial charge in [-0.05, 0) is 31.5 Å². The van der Waals surface area contributed by atoms with E-state index in [0.29, 0.717) is 16.3 Å². The summed E-state index contributed by atoms with van der Waals surface area (Å²) in [6.45, 7) is 3.62. The summed E-state index contributed by atoms with van der Waals surface area (Å²) >= 11 is 9.54. The molecule has 0 bridgehead atoms. The Morgan fingerprint density at radius 1 is 1.25 bits per heavy atom. The van der Waals surface area contributed by atoms with Crippen molar-refractivity contribution in [3.63, 3.8) is 0 Å². The normalized spacial score (nSPS) is 12.0. The smallest absolute Gasteiger partial charge is 0.202 e. The molecule has 0 aliphatic rings. The first kappa shape index (κ1) is 15.1. The van der Waals surface area contributed by atoms with Gasteiger partial charge in [-0.1, -0.05) is 57.9 Å². The van der Waals surface area contributed by atoms with E-state index in [1.807, 2.05) is 31.2 Å². The van der Waals surface area contributed by atoms with Crippen LogP contribution in [-0.4, -0.2) is 11.9 Å². The Bertz CT molecular complexity index is 603. The zero-order valence-corrected chi connectivity index (χ0v) is 13.5. The fourth-order valence-electron chi connectivity index (χ4n) is 1.91. The van der Waals surface area contributed by atoms with Gasteiger partial charge in [-0.25, -0.2) is 0 Å². The number of aryl methyl sites for hydroxylation is 1. The fourth-order valence-corrected chi connectivity index (χ4v) is 2.92. The Morgan fingerprint density at radius 3 is 2.50 bits per heavy atom. The SMILES string of the molecule is Cc1cc(Br)cc(Cl)c1OC(C)C(=O)c1ccccc1. The second-order valence-electron chi connectivity index (χ2n) is 4.52. The predicted molar refractivity (Wildman–Crippen MR) is 84.8 cm³/mol. The highest BCUT2D eigenvalue weighted by molar-refractivity contribution is 9.10. The van der Waals surface area contributed by atoms with Gasteiger partial charge in [0.05, 0.1) is 5.02 Å². The summed E-state index contributed by atoms with van der Waals surface area (Å²) in [5.41, 5.74) is 1.52. The van der Waals surface area contributed by atoms with Crippen molar-refractivity contribution < 1.29 is 9.53 Å². The average Bonchev–Trinajstić information content (AvgIpc) is 2.42. The number of ether oxygens (including phenoxy) is 1. The van der Waals surface area contributed by atoms with Gasteiger partial charge in [0.1, 0.15) is 5.75 Å². The van der Waals surface area contributed by atoms with E-state index in [1.54, 1.807) is 25.1 Å². The van der Waals surface area contributed by atoms with E-state index in [0.717, 1.165) is 10.0 Å². The van der Waals surface area contributed by atoms with Crippen LogP contribution in [0.2, 0.25) is 5.02 Å². The highest BCUT2D eigenvalue weighted by Crippen LogP contribution is 2.33. The van der Waals surface area contributed by atoms with Gasteiger partial charge < -0.3 is 4.74 Å². The highest BCUT2D eigenvalue weighted by Gasteiger charge is 2.19. The zero-order valence-electron chi connectivity index (χ0n) is 11.2. The molecule has 104 valence electrons. The van der Waals surface area contributed by atoms with Crippen molar-refractivity contribution in [2.45, 2.75) is 20.0 Å². The second-order valence-corrected chi connectivity index (χ2v) is 5.85. The van der Waals surface area contributed by atoms with E-state index < -0.39 is 6.10 Å². The zero-order chi connectivity index (χ0) is 14.7. The number of benzene rings is 2. The van der Waals surface area contributed by atoms with Gasteiger partial charge in [-0.15, -0.1) is 0 Å². The van der Waals surface area contributed by atoms with E-state index in [4.69, 9.17) is 16.3 Å². The molecule has 20 heavy (non-hydrogen) atoms. The van der Waals surface area contributed by atoms with Crippen molar-refractivity contribution in [2.75, 3.05) is 0 Å². The van der Waals surface area contributed by atoms with Crippen LogP contribution in [0.1, 0.15) is 22.8 Å². The average molecular weight is 354 g/mol. The monoisotopic (exact) mass is 352 g/mol. The van der Waals surface area contributed by atoms with E-state index in [9.17, 15) is 4.79 Å². The molecule has 2 rings (SSSR count). The molecule has 0 radical (unpaired) electrons. The summed E-state index contributed by atoms with van der Waals surface area (Å²) in [4.78, 5) is 12.3. The Labute approximate surface area is 131 Å². The quantitative estimate of drug-likeness (QED) is 0.718. The minimum Gasteiger partial charge on any atom is -0.481 e. The van der Waals surface area contributed by atoms with Crippen molar-refractivity contribution in [1.82, 2.24) is 0 Å². The van der Waals surface area contributed by atoms with Crippen LogP contribution < -0.4 is 4.74 Å². The van der Waals surface area contributed by atoms with Gasteiger partial charge in [0.15, 0.2) is 6.10 Å². The van der Waals surface area contributed by atoms with Gasteiger partial charge in [-0.3, -0.25) is 4.79 Å². The van der Waals surface area contributed by atoms with E-state index in [1.165, 1.54) is 0 Å². The maximum atomic E-state index is 12.3. The molecule has 0 saturated heterocycles. The molecule has 2 aromatic carbocycles. The van der Waals surface area contributed by atoms with Crippen LogP contribution in [0.15, 0.2) is 46.9 Å². The molecular weight excluding hydrogens is 340 g/mol. The first-order chi connectivity index (χ1) is 9.49. The van der Waals surface area contributed by atoms with Crippen LogP contribution >= 0.6 is 27.5 Å². The minimum atomic E-state index is -0.588. The fraction of sp³-hybridized carbons (Fsp3) is 0.188. The third-order valence-electron chi connectivity index (χ3n) is 2.92. The highest BCUT2D eigenvalue weighted by atomic mass is 79.9. The van der Waals surface area contributed by atoms with Crippen LogP contribution in [0.5, 0.6) is 5.75 Å². The molecule has 0 aromatic heterocycles. The number of ketones is 1. The third-order valence-corrected chi connectivity index (χ3v) is 3.65. The van der Waals surface area contributed by atoms with Crippen molar-refractivity contribution >= 4 is 33.3 Å². The summed E-state index contributed by atoms with van der Waals surface area (Å²) in [5, 5.41) is 0.490. The molecule has 1 unspecified atom stereocenters. The Balaban J connectivity index is 2.20. The first-order valence-corrected chi connectivity index (χ1v) is 7.37. The standard InChI is InChI=1S/C16H14BrClO2/c1-10-8-13(17)9-14(18)16(10)20-11(2)15(19)12-6-4-3-5-7-12/h3-9,11H,1-2H3. The lowest BCUT2D eigenvalue weighted by molar-refractivity contribution is 0.0817. The molecule has 2 aromatic rings. The summed E-state index contributed by atoms with van der Waals surface area (Å²) in [6, 6.07) is 12.7. The molecule has 0 amide bonds. The van der Waals surface area contributed by atoms with Crippen molar-refractivity contribution in [3.05, 3.63) is 63.1 Å². The molecule has 0 spiro atoms. The van der Waals surface area contributed by atoms with Gasteiger partial charge >= 0.3 is 0 Å². The number of hydrogen-bond donors (Lipinski definition) is 0. The number of carbonyl (C=O) groups excluding carboxylic acids is 1. The third kappa shape index (κ3) is 3.41. The van der Waals surface area contributed by atoms with Crippen LogP contribution in [0.3, 0.4) is 0 Å². The number of hydrogen-bond acceptors (Lipinski definition) is 2. The number of Topliss-reactive ketones (excluding diaryl/α,β-unsaturated/α-hetero) is 1. The number of halogens is 2. The van der Waals surface area contributed by atoms with Crippen LogP contribution in [0, 0.1) is 6.92 Å². The lowest BCUT2D eigenvalue weighted by Crippen LogP contribution is -2.24. The molecule has 1 atom stereocenters. The van der Waals surface area contributed by atoms with Crippen LogP contribution in [0.25, 0.3) is 0 Å². The summed E-state index contributed by atoms with van der Waals surface area (Å²) in [6.07, 6.45) is -0.588. The van der Waals surface area contributed by atoms with E-state index in [-0.39, 0.29) is 5.78 Å². The molecule has 0 aliphatic heterocycles. The molecule has 0 N–H and O–H groups in total. The van der Waals surface area contributed by atoms with Gasteiger partial charge in [0.2, 0.25) is 5.78 Å². The van der Waals surface area contributed by atoms with Gasteiger partial charge in [-0.2, -0.15) is 0 Å². The van der Waals surface area contributed by atoms with Gasteiger partial charge in [0.25, 0.3) is 0 Å². The van der Waals surface area contributed by atoms with Crippen LogP contribution in [-0.2, 0) is 0 Å². The lowest BCUT2D eigenvalue weighted by Gasteiger charge is -2.17. The first-order valence-electron chi connectivity index (χ1n) is 6.20. The Hall–Kier alpha value is -1.32. The minimum absolute atomic E-state index is 0.0658. The predicted octanol–water partition coefficient (Wildman–Crippen LogP) is 5.06. The van der Waals surface area contributed by atoms with Gasteiger partial charge in [0, 0.05) is 10.0 Å². The summed E-state index contributed by atoms with van der Waals surface area (Å²) < 4.78 is 6.63. The molecule has 0 fully saturated rings. The summed E-state index contributed by atoms with van der Waals surface area (Å²) in [7, 11) is 0. The van der Waals surface area contributed by atoms with E-state index >= 15 is 0 Å². The molecule has 0 heterocycles. The van der Waals surface area contributed by atoms with Crippen LogP contribution in [0.4, 0.5) is 0 Å². The number of rotatable bonds is 4. The topological polar surface area (TPSA) is 26.3 Å². The molecule has 4 heteroatoms.